The van der Waals surface area contributed by atoms with E-state index in [9.17, 15) is 5.21 Å². The Morgan fingerprint density at radius 3 is 2.60 bits per heavy atom. The van der Waals surface area contributed by atoms with Crippen LogP contribution < -0.4 is 9.38 Å². The number of halogens is 2. The van der Waals surface area contributed by atoms with Gasteiger partial charge in [0.25, 0.3) is 0 Å². The second-order valence-corrected chi connectivity index (χ2v) is 10.4. The van der Waals surface area contributed by atoms with E-state index in [1.165, 1.54) is 6.07 Å². The number of aliphatic imine (C=N–C) groups is 1. The van der Waals surface area contributed by atoms with Gasteiger partial charge in [0.15, 0.2) is 5.69 Å². The van der Waals surface area contributed by atoms with Gasteiger partial charge in [0, 0.05) is 82.2 Å². The lowest BCUT2D eigenvalue weighted by atomic mass is 9.98. The van der Waals surface area contributed by atoms with E-state index in [1.54, 1.807) is 63.0 Å². The van der Waals surface area contributed by atoms with Crippen LogP contribution in [0.5, 0.6) is 11.8 Å². The molecule has 2 aromatic heterocycles. The number of piperidine rings is 1. The fourth-order valence-corrected chi connectivity index (χ4v) is 5.90. The van der Waals surface area contributed by atoms with Gasteiger partial charge in [-0.1, -0.05) is 11.6 Å². The van der Waals surface area contributed by atoms with Crippen molar-refractivity contribution in [2.75, 3.05) is 33.4 Å². The van der Waals surface area contributed by atoms with E-state index < -0.39 is 10.5 Å². The molecular formula is C29H28ClFN6O3. The third kappa shape index (κ3) is 4.71. The van der Waals surface area contributed by atoms with Crippen molar-refractivity contribution in [3.8, 4) is 22.9 Å². The largest absolute Gasteiger partial charge is 0.621 e. The summed E-state index contributed by atoms with van der Waals surface area (Å²) >= 11 is 6.62. The zero-order valence-electron chi connectivity index (χ0n) is 22.2. The van der Waals surface area contributed by atoms with E-state index in [1.807, 2.05) is 0 Å². The van der Waals surface area contributed by atoms with Crippen molar-refractivity contribution in [2.24, 2.45) is 4.99 Å². The fraction of sp³-hybridized carbons (Fsp3) is 0.310. The Bertz CT molecular complexity index is 1600. The summed E-state index contributed by atoms with van der Waals surface area (Å²) in [7, 11) is 1.69. The number of amidine groups is 1. The molecule has 0 N–H and O–H groups in total. The van der Waals surface area contributed by atoms with Crippen LogP contribution in [-0.4, -0.2) is 65.1 Å². The Morgan fingerprint density at radius 1 is 1.10 bits per heavy atom. The summed E-state index contributed by atoms with van der Waals surface area (Å²) in [6.45, 7) is 4.88. The van der Waals surface area contributed by atoms with Gasteiger partial charge in [-0.3, -0.25) is 9.63 Å². The summed E-state index contributed by atoms with van der Waals surface area (Å²) in [5.74, 6) is 0.390. The van der Waals surface area contributed by atoms with Gasteiger partial charge in [-0.2, -0.15) is 4.99 Å². The molecule has 6 rings (SSSR count). The van der Waals surface area contributed by atoms with Crippen LogP contribution in [0.2, 0.25) is 5.02 Å². The Labute approximate surface area is 236 Å². The first-order valence-corrected chi connectivity index (χ1v) is 13.5. The molecule has 0 aliphatic carbocycles. The van der Waals surface area contributed by atoms with Crippen LogP contribution >= 0.6 is 11.6 Å². The summed E-state index contributed by atoms with van der Waals surface area (Å²) in [5, 5.41) is 15.6. The van der Waals surface area contributed by atoms with Gasteiger partial charge in [-0.15, -0.1) is 0 Å². The topological polar surface area (TPSA) is 95.8 Å². The van der Waals surface area contributed by atoms with Crippen LogP contribution in [-0.2, 0) is 4.74 Å². The smallest absolute Gasteiger partial charge is 0.321 e. The highest BCUT2D eigenvalue weighted by molar-refractivity contribution is 6.33. The second-order valence-electron chi connectivity index (χ2n) is 10.00. The number of aromatic nitrogens is 3. The summed E-state index contributed by atoms with van der Waals surface area (Å²) in [6, 6.07) is 9.62. The molecule has 1 atom stereocenters. The van der Waals surface area contributed by atoms with Gasteiger partial charge in [-0.05, 0) is 24.3 Å². The number of methoxy groups -OCH3 is 1. The predicted molar refractivity (Wildman–Crippen MR) is 154 cm³/mol. The van der Waals surface area contributed by atoms with E-state index in [2.05, 4.69) is 24.8 Å². The van der Waals surface area contributed by atoms with E-state index in [0.29, 0.717) is 46.0 Å². The maximum absolute atomic E-state index is 15.5. The van der Waals surface area contributed by atoms with Crippen molar-refractivity contribution in [3.05, 3.63) is 71.0 Å². The maximum atomic E-state index is 15.5. The number of ether oxygens (including phenoxy) is 2. The van der Waals surface area contributed by atoms with Gasteiger partial charge in [0.1, 0.15) is 23.3 Å². The number of hydrogen-bond acceptors (Lipinski definition) is 8. The fourth-order valence-electron chi connectivity index (χ4n) is 5.63. The molecule has 1 unspecified atom stereocenters. The number of quaternary nitrogens is 1. The molecule has 0 saturated carbocycles. The molecule has 40 heavy (non-hydrogen) atoms. The van der Waals surface area contributed by atoms with Crippen molar-refractivity contribution in [1.29, 1.82) is 0 Å². The van der Waals surface area contributed by atoms with Crippen molar-refractivity contribution < 1.29 is 13.9 Å². The molecule has 4 aromatic rings. The first kappa shape index (κ1) is 26.7. The quantitative estimate of drug-likeness (QED) is 0.194. The molecule has 0 radical (unpaired) electrons. The van der Waals surface area contributed by atoms with Crippen molar-refractivity contribution >= 4 is 39.7 Å². The molecule has 0 bridgehead atoms. The Hall–Kier alpha value is -3.54. The summed E-state index contributed by atoms with van der Waals surface area (Å²) < 4.78 is 25.7. The van der Waals surface area contributed by atoms with Gasteiger partial charge in [0.2, 0.25) is 5.84 Å². The number of likely N-dealkylation sites (tertiary alicyclic amines) is 1. The highest BCUT2D eigenvalue weighted by atomic mass is 35.5. The van der Waals surface area contributed by atoms with Crippen LogP contribution in [0.15, 0.2) is 60.0 Å². The zero-order valence-corrected chi connectivity index (χ0v) is 22.9. The van der Waals surface area contributed by atoms with Crippen LogP contribution in [0.25, 0.3) is 22.0 Å². The summed E-state index contributed by atoms with van der Waals surface area (Å²) in [4.78, 5) is 19.5. The van der Waals surface area contributed by atoms with E-state index >= 15 is 4.39 Å². The molecule has 206 valence electrons. The standard InChI is InChI=1S/C29H28ClFN6O3/c1-18-35-27-17-34-26-16-25(31)22(21-5-4-20(14-24(21)30)40-29-32-8-3-9-33-29)15-23(26)28(27)37(18,38)19-6-10-36(11-7-19)12-13-39-2/h3-5,8-9,14-17,19H,6-7,10-13H2,1-2H3. The van der Waals surface area contributed by atoms with Crippen LogP contribution in [0.4, 0.5) is 15.8 Å². The molecule has 0 amide bonds. The Kier molecular flexibility index (Phi) is 7.20. The number of pyridine rings is 1. The molecule has 0 spiro atoms. The molecule has 11 heteroatoms. The molecule has 2 aliphatic heterocycles. The van der Waals surface area contributed by atoms with Gasteiger partial charge >= 0.3 is 6.01 Å². The number of nitrogens with zero attached hydrogens (tertiary/aromatic N) is 6. The molecule has 1 saturated heterocycles. The van der Waals surface area contributed by atoms with E-state index in [-0.39, 0.29) is 22.6 Å². The number of benzene rings is 2. The average molecular weight is 563 g/mol. The highest BCUT2D eigenvalue weighted by Gasteiger charge is 2.44. The SMILES string of the molecule is COCCN1CCC([N+]2([O-])C(C)=Nc3cnc4cc(F)c(-c5ccc(Oc6ncccn6)cc5Cl)cc4c32)CC1. The molecule has 2 aromatic carbocycles. The Morgan fingerprint density at radius 2 is 1.88 bits per heavy atom. The lowest BCUT2D eigenvalue weighted by molar-refractivity contribution is 0.118. The highest BCUT2D eigenvalue weighted by Crippen LogP contribution is 2.49. The van der Waals surface area contributed by atoms with E-state index in [4.69, 9.17) is 21.1 Å². The Balaban J connectivity index is 1.37. The minimum Gasteiger partial charge on any atom is -0.621 e. The first-order chi connectivity index (χ1) is 19.4. The van der Waals surface area contributed by atoms with E-state index in [0.717, 1.165) is 32.5 Å². The molecule has 4 heterocycles. The number of fused-ring (bicyclic) bond motifs is 3. The molecular weight excluding hydrogens is 535 g/mol. The van der Waals surface area contributed by atoms with Gasteiger partial charge in [0.05, 0.1) is 28.7 Å². The summed E-state index contributed by atoms with van der Waals surface area (Å²) in [6.07, 6.45) is 6.14. The third-order valence-corrected chi connectivity index (χ3v) is 7.98. The first-order valence-electron chi connectivity index (χ1n) is 13.1. The van der Waals surface area contributed by atoms with Crippen LogP contribution in [0, 0.1) is 11.0 Å². The number of hydrogen-bond donors (Lipinski definition) is 0. The van der Waals surface area contributed by atoms with Crippen molar-refractivity contribution in [2.45, 2.75) is 25.8 Å². The van der Waals surface area contributed by atoms with Crippen LogP contribution in [0.3, 0.4) is 0 Å². The van der Waals surface area contributed by atoms with Crippen molar-refractivity contribution in [1.82, 2.24) is 24.5 Å². The normalized spacial score (nSPS) is 19.6. The predicted octanol–water partition coefficient (Wildman–Crippen LogP) is 6.26. The van der Waals surface area contributed by atoms with Gasteiger partial charge in [-0.25, -0.2) is 14.4 Å². The lowest BCUT2D eigenvalue weighted by Gasteiger charge is -2.48. The number of hydroxylamine groups is 2. The second kappa shape index (κ2) is 10.8. The monoisotopic (exact) mass is 562 g/mol. The minimum absolute atomic E-state index is 0.175. The minimum atomic E-state index is -0.658. The molecule has 1 fully saturated rings. The number of rotatable bonds is 7. The maximum Gasteiger partial charge on any atom is 0.321 e. The van der Waals surface area contributed by atoms with Gasteiger partial charge < -0.3 is 19.6 Å². The molecule has 2 aliphatic rings. The van der Waals surface area contributed by atoms with Crippen LogP contribution in [0.1, 0.15) is 19.8 Å². The average Bonchev–Trinajstić information content (AvgIpc) is 3.23. The van der Waals surface area contributed by atoms with Crippen molar-refractivity contribution in [3.63, 3.8) is 0 Å². The molecule has 9 nitrogen and oxygen atoms in total. The third-order valence-electron chi connectivity index (χ3n) is 7.67. The zero-order chi connectivity index (χ0) is 27.9. The summed E-state index contributed by atoms with van der Waals surface area (Å²) in [5.41, 5.74) is 2.17. The lowest BCUT2D eigenvalue weighted by Crippen LogP contribution is -2.57.